The van der Waals surface area contributed by atoms with E-state index in [1.807, 2.05) is 0 Å². The van der Waals surface area contributed by atoms with Crippen molar-refractivity contribution in [1.82, 2.24) is 0 Å². The van der Waals surface area contributed by atoms with Crippen LogP contribution < -0.4 is 0 Å². The molecule has 1 nitrogen and oxygen atoms in total. The van der Waals surface area contributed by atoms with E-state index in [-0.39, 0.29) is 5.78 Å². The fourth-order valence-corrected chi connectivity index (χ4v) is 1.60. The van der Waals surface area contributed by atoms with E-state index in [9.17, 15) is 4.79 Å². The Morgan fingerprint density at radius 2 is 2.36 bits per heavy atom. The standard InChI is InChI=1S/C8H7ClOS/c1-5(2)7(10)6-3-4-11-8(6)9/h3-4H,1H2,2H3. The largest absolute Gasteiger partial charge is 0.289 e. The second kappa shape index (κ2) is 3.20. The molecular weight excluding hydrogens is 180 g/mol. The van der Waals surface area contributed by atoms with Crippen LogP contribution in [-0.4, -0.2) is 5.78 Å². The third-order valence-electron chi connectivity index (χ3n) is 1.25. The monoisotopic (exact) mass is 186 g/mol. The summed E-state index contributed by atoms with van der Waals surface area (Å²) in [6.07, 6.45) is 0. The molecule has 0 amide bonds. The van der Waals surface area contributed by atoms with Crippen molar-refractivity contribution in [3.63, 3.8) is 0 Å². The summed E-state index contributed by atoms with van der Waals surface area (Å²) < 4.78 is 0.540. The van der Waals surface area contributed by atoms with E-state index in [4.69, 9.17) is 11.6 Å². The summed E-state index contributed by atoms with van der Waals surface area (Å²) in [5.41, 5.74) is 1.08. The molecule has 0 unspecified atom stereocenters. The van der Waals surface area contributed by atoms with Crippen LogP contribution in [0.5, 0.6) is 0 Å². The Kier molecular flexibility index (Phi) is 2.47. The fourth-order valence-electron chi connectivity index (χ4n) is 0.686. The molecule has 0 radical (unpaired) electrons. The lowest BCUT2D eigenvalue weighted by Gasteiger charge is -1.94. The molecule has 58 valence electrons. The first kappa shape index (κ1) is 8.50. The minimum Gasteiger partial charge on any atom is -0.289 e. The minimum atomic E-state index is -0.0729. The van der Waals surface area contributed by atoms with Gasteiger partial charge in [0, 0.05) is 0 Å². The molecule has 0 aliphatic carbocycles. The summed E-state index contributed by atoms with van der Waals surface area (Å²) in [6.45, 7) is 5.23. The van der Waals surface area contributed by atoms with Gasteiger partial charge in [-0.2, -0.15) is 0 Å². The number of hydrogen-bond donors (Lipinski definition) is 0. The lowest BCUT2D eigenvalue weighted by atomic mass is 10.1. The van der Waals surface area contributed by atoms with Crippen LogP contribution in [-0.2, 0) is 0 Å². The lowest BCUT2D eigenvalue weighted by Crippen LogP contribution is -1.97. The summed E-state index contributed by atoms with van der Waals surface area (Å²) in [5, 5.41) is 1.79. The van der Waals surface area contributed by atoms with E-state index >= 15 is 0 Å². The number of carbonyl (C=O) groups excluding carboxylic acids is 1. The van der Waals surface area contributed by atoms with E-state index in [1.165, 1.54) is 11.3 Å². The van der Waals surface area contributed by atoms with Gasteiger partial charge in [0.2, 0.25) is 0 Å². The highest BCUT2D eigenvalue weighted by molar-refractivity contribution is 7.14. The molecule has 1 heterocycles. The second-order valence-electron chi connectivity index (χ2n) is 2.22. The molecule has 0 aromatic carbocycles. The zero-order chi connectivity index (χ0) is 8.43. The highest BCUT2D eigenvalue weighted by Gasteiger charge is 2.10. The molecule has 1 aromatic rings. The number of halogens is 1. The molecule has 0 fully saturated rings. The van der Waals surface area contributed by atoms with Crippen molar-refractivity contribution in [3.05, 3.63) is 33.5 Å². The molecule has 1 rings (SSSR count). The Morgan fingerprint density at radius 1 is 1.73 bits per heavy atom. The maximum Gasteiger partial charge on any atom is 0.190 e. The van der Waals surface area contributed by atoms with Gasteiger partial charge in [0.05, 0.1) is 5.56 Å². The van der Waals surface area contributed by atoms with Crippen molar-refractivity contribution in [2.45, 2.75) is 6.92 Å². The molecule has 3 heteroatoms. The first-order valence-corrected chi connectivity index (χ1v) is 4.32. The summed E-state index contributed by atoms with van der Waals surface area (Å²) in [4.78, 5) is 11.2. The third kappa shape index (κ3) is 1.70. The summed E-state index contributed by atoms with van der Waals surface area (Å²) in [6, 6.07) is 1.71. The molecule has 0 aliphatic rings. The number of hydrogen-bond acceptors (Lipinski definition) is 2. The van der Waals surface area contributed by atoms with Gasteiger partial charge in [-0.05, 0) is 23.9 Å². The average Bonchev–Trinajstić information content (AvgIpc) is 2.33. The molecule has 0 spiro atoms. The SMILES string of the molecule is C=C(C)C(=O)c1ccsc1Cl. The summed E-state index contributed by atoms with van der Waals surface area (Å²) >= 11 is 7.09. The quantitative estimate of drug-likeness (QED) is 0.512. The first-order valence-electron chi connectivity index (χ1n) is 3.06. The normalized spacial score (nSPS) is 9.64. The highest BCUT2D eigenvalue weighted by atomic mass is 35.5. The summed E-state index contributed by atoms with van der Waals surface area (Å²) in [5.74, 6) is -0.0729. The Morgan fingerprint density at radius 3 is 2.73 bits per heavy atom. The molecule has 1 aromatic heterocycles. The minimum absolute atomic E-state index is 0.0729. The average molecular weight is 187 g/mol. The van der Waals surface area contributed by atoms with Crippen LogP contribution in [0.25, 0.3) is 0 Å². The fraction of sp³-hybridized carbons (Fsp3) is 0.125. The highest BCUT2D eigenvalue weighted by Crippen LogP contribution is 2.24. The Balaban J connectivity index is 3.02. The zero-order valence-corrected chi connectivity index (χ0v) is 7.63. The van der Waals surface area contributed by atoms with E-state index in [0.717, 1.165) is 0 Å². The number of allylic oxidation sites excluding steroid dienone is 1. The van der Waals surface area contributed by atoms with E-state index < -0.39 is 0 Å². The number of thiophene rings is 1. The third-order valence-corrected chi connectivity index (χ3v) is 2.42. The number of carbonyl (C=O) groups is 1. The van der Waals surface area contributed by atoms with Gasteiger partial charge in [-0.3, -0.25) is 4.79 Å². The molecule has 0 N–H and O–H groups in total. The maximum absolute atomic E-state index is 11.2. The Labute approximate surface area is 74.3 Å². The molecule has 0 saturated carbocycles. The molecule has 11 heavy (non-hydrogen) atoms. The number of Topliss-reactive ketones (excluding diaryl/α,β-unsaturated/α-hetero) is 1. The van der Waals surface area contributed by atoms with Crippen molar-refractivity contribution >= 4 is 28.7 Å². The van der Waals surface area contributed by atoms with Gasteiger partial charge in [0.1, 0.15) is 4.34 Å². The van der Waals surface area contributed by atoms with E-state index in [1.54, 1.807) is 18.4 Å². The van der Waals surface area contributed by atoms with Crippen LogP contribution in [0.3, 0.4) is 0 Å². The van der Waals surface area contributed by atoms with Crippen molar-refractivity contribution in [1.29, 1.82) is 0 Å². The Hall–Kier alpha value is -0.600. The zero-order valence-electron chi connectivity index (χ0n) is 6.06. The van der Waals surface area contributed by atoms with Gasteiger partial charge in [0.25, 0.3) is 0 Å². The van der Waals surface area contributed by atoms with Crippen LogP contribution in [0, 0.1) is 0 Å². The van der Waals surface area contributed by atoms with Gasteiger partial charge in [-0.15, -0.1) is 11.3 Å². The van der Waals surface area contributed by atoms with Gasteiger partial charge in [-0.25, -0.2) is 0 Å². The predicted molar refractivity (Wildman–Crippen MR) is 48.5 cm³/mol. The van der Waals surface area contributed by atoms with Crippen LogP contribution in [0.1, 0.15) is 17.3 Å². The van der Waals surface area contributed by atoms with Crippen molar-refractivity contribution in [3.8, 4) is 0 Å². The van der Waals surface area contributed by atoms with Gasteiger partial charge >= 0.3 is 0 Å². The van der Waals surface area contributed by atoms with Gasteiger partial charge in [-0.1, -0.05) is 18.2 Å². The predicted octanol–water partition coefficient (Wildman–Crippen LogP) is 3.16. The van der Waals surface area contributed by atoms with Crippen molar-refractivity contribution < 1.29 is 4.79 Å². The lowest BCUT2D eigenvalue weighted by molar-refractivity contribution is 0.103. The Bertz CT molecular complexity index is 301. The van der Waals surface area contributed by atoms with Crippen molar-refractivity contribution in [2.24, 2.45) is 0 Å². The van der Waals surface area contributed by atoms with Gasteiger partial charge in [0.15, 0.2) is 5.78 Å². The molecule has 0 aliphatic heterocycles. The van der Waals surface area contributed by atoms with Crippen molar-refractivity contribution in [2.75, 3.05) is 0 Å². The van der Waals surface area contributed by atoms with Crippen LogP contribution in [0.2, 0.25) is 4.34 Å². The number of rotatable bonds is 2. The second-order valence-corrected chi connectivity index (χ2v) is 3.74. The molecule has 0 saturated heterocycles. The topological polar surface area (TPSA) is 17.1 Å². The van der Waals surface area contributed by atoms with Crippen LogP contribution >= 0.6 is 22.9 Å². The molecular formula is C8H7ClOS. The maximum atomic E-state index is 11.2. The number of ketones is 1. The van der Waals surface area contributed by atoms with E-state index in [2.05, 4.69) is 6.58 Å². The van der Waals surface area contributed by atoms with Crippen LogP contribution in [0.4, 0.5) is 0 Å². The first-order chi connectivity index (χ1) is 5.13. The van der Waals surface area contributed by atoms with Crippen LogP contribution in [0.15, 0.2) is 23.6 Å². The molecule has 0 atom stereocenters. The van der Waals surface area contributed by atoms with Gasteiger partial charge < -0.3 is 0 Å². The van der Waals surface area contributed by atoms with E-state index in [0.29, 0.717) is 15.5 Å². The smallest absolute Gasteiger partial charge is 0.190 e. The summed E-state index contributed by atoms with van der Waals surface area (Å²) in [7, 11) is 0. The molecule has 0 bridgehead atoms.